The fourth-order valence-corrected chi connectivity index (χ4v) is 2.19. The molecule has 0 spiro atoms. The van der Waals surface area contributed by atoms with Gasteiger partial charge >= 0.3 is 0 Å². The first-order valence-electron chi connectivity index (χ1n) is 6.39. The lowest BCUT2D eigenvalue weighted by Crippen LogP contribution is -2.48. The van der Waals surface area contributed by atoms with Gasteiger partial charge in [0, 0.05) is 26.2 Å². The zero-order valence-electron chi connectivity index (χ0n) is 11.3. The van der Waals surface area contributed by atoms with Crippen molar-refractivity contribution >= 4 is 0 Å². The Kier molecular flexibility index (Phi) is 4.00. The highest BCUT2D eigenvalue weighted by Gasteiger charge is 2.21. The first-order valence-corrected chi connectivity index (χ1v) is 6.39. The Morgan fingerprint density at radius 3 is 2.50 bits per heavy atom. The number of aromatic nitrogens is 1. The van der Waals surface area contributed by atoms with E-state index < -0.39 is 0 Å². The van der Waals surface area contributed by atoms with Gasteiger partial charge in [0.25, 0.3) is 0 Å². The van der Waals surface area contributed by atoms with Crippen LogP contribution in [-0.4, -0.2) is 47.0 Å². The van der Waals surface area contributed by atoms with Crippen molar-refractivity contribution in [1.82, 2.24) is 14.8 Å². The maximum absolute atomic E-state index is 8.89. The maximum atomic E-state index is 8.89. The quantitative estimate of drug-likeness (QED) is 0.807. The van der Waals surface area contributed by atoms with Crippen LogP contribution in [0.3, 0.4) is 0 Å². The maximum Gasteiger partial charge on any atom is 0.208 e. The van der Waals surface area contributed by atoms with Gasteiger partial charge in [-0.3, -0.25) is 9.80 Å². The largest absolute Gasteiger partial charge is 0.444 e. The number of nitrogens with zero attached hydrogens (tertiary/aromatic N) is 4. The summed E-state index contributed by atoms with van der Waals surface area (Å²) in [6.07, 6.45) is 0. The number of piperazine rings is 1. The Balaban J connectivity index is 1.85. The summed E-state index contributed by atoms with van der Waals surface area (Å²) in [6.45, 7) is 10.4. The van der Waals surface area contributed by atoms with E-state index in [9.17, 15) is 0 Å². The molecule has 1 fully saturated rings. The molecule has 2 heterocycles. The lowest BCUT2D eigenvalue weighted by Gasteiger charge is -2.35. The first kappa shape index (κ1) is 13.1. The second-order valence-corrected chi connectivity index (χ2v) is 4.87. The summed E-state index contributed by atoms with van der Waals surface area (Å²) >= 11 is 0. The van der Waals surface area contributed by atoms with E-state index in [-0.39, 0.29) is 6.04 Å². The van der Waals surface area contributed by atoms with Gasteiger partial charge in [0.2, 0.25) is 5.89 Å². The van der Waals surface area contributed by atoms with Gasteiger partial charge in [0.1, 0.15) is 5.76 Å². The van der Waals surface area contributed by atoms with Crippen molar-refractivity contribution < 1.29 is 4.42 Å². The highest BCUT2D eigenvalue weighted by molar-refractivity contribution is 5.05. The topological polar surface area (TPSA) is 56.3 Å². The van der Waals surface area contributed by atoms with Crippen molar-refractivity contribution in [3.8, 4) is 6.07 Å². The van der Waals surface area contributed by atoms with E-state index in [2.05, 4.69) is 20.9 Å². The Morgan fingerprint density at radius 1 is 1.33 bits per heavy atom. The summed E-state index contributed by atoms with van der Waals surface area (Å²) in [7, 11) is 0. The molecule has 5 heteroatoms. The van der Waals surface area contributed by atoms with Gasteiger partial charge in [-0.2, -0.15) is 5.26 Å². The van der Waals surface area contributed by atoms with Crippen LogP contribution in [0.4, 0.5) is 0 Å². The van der Waals surface area contributed by atoms with Gasteiger partial charge in [-0.25, -0.2) is 4.98 Å². The number of nitriles is 1. The summed E-state index contributed by atoms with van der Waals surface area (Å²) in [5.41, 5.74) is 0.974. The summed E-state index contributed by atoms with van der Waals surface area (Å²) in [4.78, 5) is 8.94. The van der Waals surface area contributed by atoms with Crippen LogP contribution in [0, 0.1) is 25.2 Å². The average molecular weight is 248 g/mol. The van der Waals surface area contributed by atoms with Crippen LogP contribution in [0.1, 0.15) is 24.3 Å². The van der Waals surface area contributed by atoms with Crippen LogP contribution in [0.25, 0.3) is 0 Å². The third-order valence-corrected chi connectivity index (χ3v) is 3.57. The monoisotopic (exact) mass is 248 g/mol. The Labute approximate surface area is 108 Å². The molecule has 1 aromatic rings. The Bertz CT molecular complexity index is 421. The van der Waals surface area contributed by atoms with Crippen LogP contribution in [0.5, 0.6) is 0 Å². The zero-order chi connectivity index (χ0) is 13.1. The van der Waals surface area contributed by atoms with Gasteiger partial charge in [0.15, 0.2) is 0 Å². The van der Waals surface area contributed by atoms with Crippen LogP contribution in [-0.2, 0) is 6.54 Å². The van der Waals surface area contributed by atoms with Crippen LogP contribution in [0.2, 0.25) is 0 Å². The minimum atomic E-state index is 0.0124. The zero-order valence-corrected chi connectivity index (χ0v) is 11.3. The molecule has 0 aliphatic carbocycles. The molecule has 0 amide bonds. The van der Waals surface area contributed by atoms with Gasteiger partial charge < -0.3 is 4.42 Å². The average Bonchev–Trinajstić information content (AvgIpc) is 2.68. The van der Waals surface area contributed by atoms with E-state index in [4.69, 9.17) is 9.68 Å². The van der Waals surface area contributed by atoms with E-state index in [1.54, 1.807) is 0 Å². The molecule has 1 aliphatic rings. The molecule has 1 atom stereocenters. The predicted molar refractivity (Wildman–Crippen MR) is 67.9 cm³/mol. The van der Waals surface area contributed by atoms with Crippen molar-refractivity contribution in [3.63, 3.8) is 0 Å². The van der Waals surface area contributed by atoms with Crippen molar-refractivity contribution in [2.75, 3.05) is 26.2 Å². The lowest BCUT2D eigenvalue weighted by molar-refractivity contribution is 0.107. The number of oxazole rings is 1. The van der Waals surface area contributed by atoms with Gasteiger partial charge in [-0.05, 0) is 20.8 Å². The molecule has 1 aromatic heterocycles. The van der Waals surface area contributed by atoms with E-state index in [1.165, 1.54) is 0 Å². The normalized spacial score (nSPS) is 19.7. The van der Waals surface area contributed by atoms with Crippen molar-refractivity contribution in [2.24, 2.45) is 0 Å². The molecule has 0 aromatic carbocycles. The van der Waals surface area contributed by atoms with Gasteiger partial charge in [0.05, 0.1) is 24.3 Å². The SMILES string of the molecule is Cc1nc(CN2CCN(C(C)C#N)CC2)oc1C. The van der Waals surface area contributed by atoms with E-state index in [0.29, 0.717) is 0 Å². The first-order chi connectivity index (χ1) is 8.60. The smallest absolute Gasteiger partial charge is 0.208 e. The summed E-state index contributed by atoms with van der Waals surface area (Å²) in [5.74, 6) is 1.70. The summed E-state index contributed by atoms with van der Waals surface area (Å²) < 4.78 is 5.59. The minimum absolute atomic E-state index is 0.0124. The highest BCUT2D eigenvalue weighted by Crippen LogP contribution is 2.13. The van der Waals surface area contributed by atoms with Crippen LogP contribution < -0.4 is 0 Å². The molecule has 0 N–H and O–H groups in total. The Hall–Kier alpha value is -1.38. The molecule has 0 saturated carbocycles. The highest BCUT2D eigenvalue weighted by atomic mass is 16.4. The predicted octanol–water partition coefficient (Wildman–Crippen LogP) is 1.32. The third-order valence-electron chi connectivity index (χ3n) is 3.57. The van der Waals surface area contributed by atoms with Crippen molar-refractivity contribution in [3.05, 3.63) is 17.3 Å². The van der Waals surface area contributed by atoms with Gasteiger partial charge in [-0.1, -0.05) is 0 Å². The van der Waals surface area contributed by atoms with Gasteiger partial charge in [-0.15, -0.1) is 0 Å². The van der Waals surface area contributed by atoms with Crippen LogP contribution >= 0.6 is 0 Å². The molecule has 1 aliphatic heterocycles. The van der Waals surface area contributed by atoms with Crippen molar-refractivity contribution in [1.29, 1.82) is 5.26 Å². The molecule has 0 bridgehead atoms. The lowest BCUT2D eigenvalue weighted by atomic mass is 10.2. The van der Waals surface area contributed by atoms with Crippen molar-refractivity contribution in [2.45, 2.75) is 33.4 Å². The number of hydrogen-bond donors (Lipinski definition) is 0. The fraction of sp³-hybridized carbons (Fsp3) is 0.692. The molecule has 2 rings (SSSR count). The summed E-state index contributed by atoms with van der Waals surface area (Å²) in [6, 6.07) is 2.30. The molecule has 98 valence electrons. The molecule has 0 radical (unpaired) electrons. The number of rotatable bonds is 3. The Morgan fingerprint density at radius 2 is 2.00 bits per heavy atom. The second kappa shape index (κ2) is 5.51. The second-order valence-electron chi connectivity index (χ2n) is 4.87. The molecular weight excluding hydrogens is 228 g/mol. The standard InChI is InChI=1S/C13H20N4O/c1-10(8-14)17-6-4-16(5-7-17)9-13-15-11(2)12(3)18-13/h10H,4-7,9H2,1-3H3. The summed E-state index contributed by atoms with van der Waals surface area (Å²) in [5, 5.41) is 8.89. The van der Waals surface area contributed by atoms with E-state index in [0.717, 1.165) is 50.1 Å². The molecule has 1 saturated heterocycles. The van der Waals surface area contributed by atoms with E-state index in [1.807, 2.05) is 20.8 Å². The fourth-order valence-electron chi connectivity index (χ4n) is 2.19. The molecule has 5 nitrogen and oxygen atoms in total. The molecule has 1 unspecified atom stereocenters. The molecule has 18 heavy (non-hydrogen) atoms. The molecular formula is C13H20N4O. The van der Waals surface area contributed by atoms with E-state index >= 15 is 0 Å². The number of hydrogen-bond acceptors (Lipinski definition) is 5. The third kappa shape index (κ3) is 2.89. The number of aryl methyl sites for hydroxylation is 2. The minimum Gasteiger partial charge on any atom is -0.444 e. The van der Waals surface area contributed by atoms with Crippen LogP contribution in [0.15, 0.2) is 4.42 Å².